The molecular formula is C12H19ClN2OS. The van der Waals surface area contributed by atoms with Crippen LogP contribution in [0.4, 0.5) is 0 Å². The zero-order valence-electron chi connectivity index (χ0n) is 9.95. The minimum absolute atomic E-state index is 0.594. The van der Waals surface area contributed by atoms with Crippen LogP contribution in [0.5, 0.6) is 0 Å². The number of hydrogen-bond acceptors (Lipinski definition) is 4. The van der Waals surface area contributed by atoms with Gasteiger partial charge < -0.3 is 10.1 Å². The molecule has 0 amide bonds. The molecule has 1 N–H and O–H groups in total. The number of ether oxygens (including phenoxy) is 1. The van der Waals surface area contributed by atoms with Crippen molar-refractivity contribution in [2.45, 2.75) is 32.3 Å². The molecule has 1 unspecified atom stereocenters. The second-order valence-electron chi connectivity index (χ2n) is 4.49. The van der Waals surface area contributed by atoms with Gasteiger partial charge in [-0.3, -0.25) is 0 Å². The van der Waals surface area contributed by atoms with E-state index < -0.39 is 0 Å². The molecular weight excluding hydrogens is 256 g/mol. The number of halogens is 1. The zero-order valence-corrected chi connectivity index (χ0v) is 11.5. The fourth-order valence-corrected chi connectivity index (χ4v) is 3.08. The van der Waals surface area contributed by atoms with E-state index >= 15 is 0 Å². The van der Waals surface area contributed by atoms with Crippen LogP contribution in [-0.2, 0) is 11.3 Å². The van der Waals surface area contributed by atoms with E-state index in [2.05, 4.69) is 10.3 Å². The molecule has 1 aliphatic heterocycles. The molecule has 0 aromatic carbocycles. The number of piperidine rings is 1. The minimum atomic E-state index is 0.594. The Morgan fingerprint density at radius 3 is 3.24 bits per heavy atom. The molecule has 1 saturated heterocycles. The van der Waals surface area contributed by atoms with E-state index in [0.29, 0.717) is 11.1 Å². The van der Waals surface area contributed by atoms with E-state index in [1.807, 2.05) is 0 Å². The number of rotatable bonds is 6. The van der Waals surface area contributed by atoms with Crippen molar-refractivity contribution in [1.29, 1.82) is 0 Å². The summed E-state index contributed by atoms with van der Waals surface area (Å²) in [6.45, 7) is 3.86. The third-order valence-electron chi connectivity index (χ3n) is 3.07. The highest BCUT2D eigenvalue weighted by molar-refractivity contribution is 7.15. The Hall–Kier alpha value is -0.160. The molecule has 5 heteroatoms. The minimum Gasteiger partial charge on any atom is -0.376 e. The van der Waals surface area contributed by atoms with Crippen LogP contribution in [0.15, 0.2) is 6.20 Å². The summed E-state index contributed by atoms with van der Waals surface area (Å²) in [5.41, 5.74) is 0. The van der Waals surface area contributed by atoms with Crippen LogP contribution >= 0.6 is 22.9 Å². The molecule has 3 nitrogen and oxygen atoms in total. The maximum Gasteiger partial charge on any atom is 0.183 e. The summed E-state index contributed by atoms with van der Waals surface area (Å²) in [5, 5.41) is 3.44. The monoisotopic (exact) mass is 274 g/mol. The third kappa shape index (κ3) is 4.92. The van der Waals surface area contributed by atoms with Crippen molar-refractivity contribution < 1.29 is 4.74 Å². The zero-order chi connectivity index (χ0) is 11.9. The Kier molecular flexibility index (Phi) is 5.71. The van der Waals surface area contributed by atoms with Crippen LogP contribution in [0.3, 0.4) is 0 Å². The first-order valence-corrected chi connectivity index (χ1v) is 7.42. The van der Waals surface area contributed by atoms with Gasteiger partial charge in [-0.25, -0.2) is 4.98 Å². The molecule has 1 fully saturated rings. The second-order valence-corrected chi connectivity index (χ2v) is 6.18. The van der Waals surface area contributed by atoms with Gasteiger partial charge in [-0.1, -0.05) is 11.6 Å². The molecule has 0 spiro atoms. The smallest absolute Gasteiger partial charge is 0.183 e. The summed E-state index contributed by atoms with van der Waals surface area (Å²) in [5.74, 6) is 0.852. The van der Waals surface area contributed by atoms with Gasteiger partial charge in [0, 0.05) is 12.8 Å². The molecule has 2 rings (SSSR count). The average Bonchev–Trinajstić information content (AvgIpc) is 2.76. The molecule has 0 saturated carbocycles. The van der Waals surface area contributed by atoms with E-state index in [-0.39, 0.29) is 0 Å². The summed E-state index contributed by atoms with van der Waals surface area (Å²) in [6, 6.07) is 0. The van der Waals surface area contributed by atoms with Crippen LogP contribution in [0.25, 0.3) is 0 Å². The number of hydrogen-bond donors (Lipinski definition) is 1. The molecule has 2 heterocycles. The first-order valence-electron chi connectivity index (χ1n) is 6.23. The highest BCUT2D eigenvalue weighted by atomic mass is 35.5. The maximum atomic E-state index is 5.75. The first-order chi connectivity index (χ1) is 8.34. The lowest BCUT2D eigenvalue weighted by Crippen LogP contribution is -2.29. The average molecular weight is 275 g/mol. The van der Waals surface area contributed by atoms with Gasteiger partial charge in [-0.05, 0) is 44.7 Å². The summed E-state index contributed by atoms with van der Waals surface area (Å²) in [7, 11) is 0. The number of aromatic nitrogens is 1. The van der Waals surface area contributed by atoms with Crippen molar-refractivity contribution in [2.75, 3.05) is 19.7 Å². The van der Waals surface area contributed by atoms with Crippen LogP contribution in [0.1, 0.15) is 30.6 Å². The summed E-state index contributed by atoms with van der Waals surface area (Å²) >= 11 is 7.24. The topological polar surface area (TPSA) is 34.1 Å². The van der Waals surface area contributed by atoms with Gasteiger partial charge in [0.15, 0.2) is 4.47 Å². The molecule has 0 radical (unpaired) electrons. The summed E-state index contributed by atoms with van der Waals surface area (Å²) < 4.78 is 6.21. The Morgan fingerprint density at radius 1 is 1.59 bits per heavy atom. The standard InChI is InChI=1S/C12H19ClN2OS/c13-12-15-8-11(17-12)9-16-6-2-4-10-3-1-5-14-7-10/h8,10,14H,1-7,9H2. The molecule has 17 heavy (non-hydrogen) atoms. The van der Waals surface area contributed by atoms with Gasteiger partial charge >= 0.3 is 0 Å². The number of thiazole rings is 1. The second kappa shape index (κ2) is 7.31. The summed E-state index contributed by atoms with van der Waals surface area (Å²) in [6.07, 6.45) is 6.91. The molecule has 96 valence electrons. The normalized spacial score (nSPS) is 20.6. The van der Waals surface area contributed by atoms with E-state index in [9.17, 15) is 0 Å². The van der Waals surface area contributed by atoms with Crippen molar-refractivity contribution in [3.63, 3.8) is 0 Å². The van der Waals surface area contributed by atoms with Gasteiger partial charge in [0.05, 0.1) is 11.5 Å². The van der Waals surface area contributed by atoms with E-state index in [1.165, 1.54) is 43.7 Å². The highest BCUT2D eigenvalue weighted by Gasteiger charge is 2.11. The lowest BCUT2D eigenvalue weighted by molar-refractivity contribution is 0.114. The van der Waals surface area contributed by atoms with E-state index in [1.54, 1.807) is 6.20 Å². The van der Waals surface area contributed by atoms with Crippen LogP contribution in [-0.4, -0.2) is 24.7 Å². The first kappa shape index (κ1) is 13.3. The van der Waals surface area contributed by atoms with Crippen molar-refractivity contribution in [1.82, 2.24) is 10.3 Å². The largest absolute Gasteiger partial charge is 0.376 e. The third-order valence-corrected chi connectivity index (χ3v) is 4.16. The maximum absolute atomic E-state index is 5.75. The molecule has 1 aromatic heterocycles. The van der Waals surface area contributed by atoms with Crippen molar-refractivity contribution in [3.05, 3.63) is 15.5 Å². The highest BCUT2D eigenvalue weighted by Crippen LogP contribution is 2.19. The van der Waals surface area contributed by atoms with Gasteiger partial charge in [-0.2, -0.15) is 0 Å². The van der Waals surface area contributed by atoms with Gasteiger partial charge in [0.1, 0.15) is 0 Å². The fraction of sp³-hybridized carbons (Fsp3) is 0.750. The predicted octanol–water partition coefficient (Wildman–Crippen LogP) is 3.09. The Labute approximate surface area is 112 Å². The Bertz CT molecular complexity index is 326. The van der Waals surface area contributed by atoms with Gasteiger partial charge in [-0.15, -0.1) is 11.3 Å². The lowest BCUT2D eigenvalue weighted by Gasteiger charge is -2.22. The van der Waals surface area contributed by atoms with Crippen LogP contribution in [0.2, 0.25) is 4.47 Å². The molecule has 1 aromatic rings. The van der Waals surface area contributed by atoms with Gasteiger partial charge in [0.2, 0.25) is 0 Å². The lowest BCUT2D eigenvalue weighted by atomic mass is 9.95. The molecule has 0 bridgehead atoms. The molecule has 1 aliphatic rings. The van der Waals surface area contributed by atoms with Crippen LogP contribution < -0.4 is 5.32 Å². The Balaban J connectivity index is 1.51. The number of nitrogens with zero attached hydrogens (tertiary/aromatic N) is 1. The molecule has 0 aliphatic carbocycles. The SMILES string of the molecule is Clc1ncc(COCCCC2CCCNC2)s1. The van der Waals surface area contributed by atoms with Crippen molar-refractivity contribution in [3.8, 4) is 0 Å². The van der Waals surface area contributed by atoms with E-state index in [4.69, 9.17) is 16.3 Å². The van der Waals surface area contributed by atoms with Crippen molar-refractivity contribution >= 4 is 22.9 Å². The predicted molar refractivity (Wildman–Crippen MR) is 71.6 cm³/mol. The fourth-order valence-electron chi connectivity index (χ4n) is 2.17. The van der Waals surface area contributed by atoms with E-state index in [0.717, 1.165) is 23.8 Å². The Morgan fingerprint density at radius 2 is 2.53 bits per heavy atom. The van der Waals surface area contributed by atoms with Crippen LogP contribution in [0, 0.1) is 5.92 Å². The number of nitrogens with one attached hydrogen (secondary N) is 1. The summed E-state index contributed by atoms with van der Waals surface area (Å²) in [4.78, 5) is 5.09. The van der Waals surface area contributed by atoms with Gasteiger partial charge in [0.25, 0.3) is 0 Å². The van der Waals surface area contributed by atoms with Crippen molar-refractivity contribution in [2.24, 2.45) is 5.92 Å². The quantitative estimate of drug-likeness (QED) is 0.810. The molecule has 1 atom stereocenters.